The smallest absolute Gasteiger partial charge is 0.251 e. The van der Waals surface area contributed by atoms with E-state index in [-0.39, 0.29) is 11.9 Å². The summed E-state index contributed by atoms with van der Waals surface area (Å²) in [6.07, 6.45) is 2.55. The molecule has 0 N–H and O–H groups in total. The van der Waals surface area contributed by atoms with E-state index in [1.807, 2.05) is 42.2 Å². The maximum absolute atomic E-state index is 12.3. The van der Waals surface area contributed by atoms with Crippen molar-refractivity contribution in [3.63, 3.8) is 0 Å². The predicted octanol–water partition coefficient (Wildman–Crippen LogP) is 3.62. The average molecular weight is 283 g/mol. The molecule has 1 atom stereocenters. The van der Waals surface area contributed by atoms with Crippen LogP contribution in [-0.2, 0) is 4.79 Å². The number of hydrogen-bond acceptors (Lipinski definition) is 1. The van der Waals surface area contributed by atoms with Crippen molar-refractivity contribution in [2.24, 2.45) is 0 Å². The molecule has 0 spiro atoms. The number of para-hydroxylation sites is 1. The van der Waals surface area contributed by atoms with E-state index >= 15 is 0 Å². The molecule has 3 heteroatoms. The van der Waals surface area contributed by atoms with Crippen molar-refractivity contribution in [3.8, 4) is 11.5 Å². The molecule has 1 aliphatic heterocycles. The quantitative estimate of drug-likeness (QED) is 0.569. The topological polar surface area (TPSA) is 20.3 Å². The normalized spacial score (nSPS) is 19.2. The second kappa shape index (κ2) is 5.68. The van der Waals surface area contributed by atoms with Gasteiger partial charge in [0.2, 0.25) is 0 Å². The molecular formula is C17H21NOSi. The lowest BCUT2D eigenvalue weighted by Crippen LogP contribution is -2.42. The zero-order valence-corrected chi connectivity index (χ0v) is 13.6. The SMILES string of the molecule is CC1=CC(=O)N(c2ccccc2)C(C#C[Si](C)(C)C)C1. The summed E-state index contributed by atoms with van der Waals surface area (Å²) in [4.78, 5) is 14.2. The monoisotopic (exact) mass is 283 g/mol. The third-order valence-corrected chi connectivity index (χ3v) is 3.98. The van der Waals surface area contributed by atoms with Crippen LogP contribution in [0.3, 0.4) is 0 Å². The first-order valence-corrected chi connectivity index (χ1v) is 10.4. The standard InChI is InChI=1S/C17H21NOSi/c1-14-12-16(10-11-20(2,3)4)18(17(19)13-14)15-8-6-5-7-9-15/h5-9,13,16H,12H2,1-4H3. The number of carbonyl (C=O) groups excluding carboxylic acids is 1. The number of rotatable bonds is 1. The highest BCUT2D eigenvalue weighted by molar-refractivity contribution is 6.83. The molecule has 1 aromatic carbocycles. The molecule has 1 aromatic rings. The van der Waals surface area contributed by atoms with Crippen LogP contribution in [0.25, 0.3) is 0 Å². The van der Waals surface area contributed by atoms with Gasteiger partial charge in [-0.3, -0.25) is 9.69 Å². The molecule has 20 heavy (non-hydrogen) atoms. The Morgan fingerprint density at radius 2 is 1.85 bits per heavy atom. The third kappa shape index (κ3) is 3.61. The van der Waals surface area contributed by atoms with Gasteiger partial charge >= 0.3 is 0 Å². The van der Waals surface area contributed by atoms with Crippen molar-refractivity contribution >= 4 is 19.7 Å². The molecule has 0 radical (unpaired) electrons. The van der Waals surface area contributed by atoms with Crippen molar-refractivity contribution in [2.45, 2.75) is 39.0 Å². The Labute approximate surface area is 122 Å². The minimum atomic E-state index is -1.43. The minimum absolute atomic E-state index is 0.0369. The molecule has 0 aromatic heterocycles. The maximum Gasteiger partial charge on any atom is 0.251 e. The van der Waals surface area contributed by atoms with Crippen LogP contribution in [0.2, 0.25) is 19.6 Å². The lowest BCUT2D eigenvalue weighted by Gasteiger charge is -2.31. The van der Waals surface area contributed by atoms with Crippen LogP contribution in [0.5, 0.6) is 0 Å². The summed E-state index contributed by atoms with van der Waals surface area (Å²) in [5, 5.41) is 0. The van der Waals surface area contributed by atoms with E-state index in [0.29, 0.717) is 0 Å². The molecular weight excluding hydrogens is 262 g/mol. The molecule has 0 aliphatic carbocycles. The fraction of sp³-hybridized carbons (Fsp3) is 0.353. The Kier molecular flexibility index (Phi) is 4.15. The zero-order valence-electron chi connectivity index (χ0n) is 12.6. The van der Waals surface area contributed by atoms with E-state index < -0.39 is 8.07 Å². The highest BCUT2D eigenvalue weighted by Gasteiger charge is 2.27. The van der Waals surface area contributed by atoms with Crippen molar-refractivity contribution < 1.29 is 4.79 Å². The van der Waals surface area contributed by atoms with Crippen LogP contribution in [0.15, 0.2) is 42.0 Å². The van der Waals surface area contributed by atoms with Gasteiger partial charge in [0.15, 0.2) is 0 Å². The van der Waals surface area contributed by atoms with Crippen LogP contribution in [0.4, 0.5) is 5.69 Å². The van der Waals surface area contributed by atoms with E-state index in [1.165, 1.54) is 0 Å². The number of anilines is 1. The van der Waals surface area contributed by atoms with Crippen LogP contribution >= 0.6 is 0 Å². The van der Waals surface area contributed by atoms with E-state index in [2.05, 4.69) is 31.1 Å². The fourth-order valence-corrected chi connectivity index (χ4v) is 2.80. The maximum atomic E-state index is 12.3. The van der Waals surface area contributed by atoms with E-state index in [0.717, 1.165) is 17.7 Å². The van der Waals surface area contributed by atoms with Gasteiger partial charge in [-0.1, -0.05) is 49.3 Å². The highest BCUT2D eigenvalue weighted by atomic mass is 28.3. The lowest BCUT2D eigenvalue weighted by molar-refractivity contribution is -0.114. The minimum Gasteiger partial charge on any atom is -0.294 e. The molecule has 0 bridgehead atoms. The summed E-state index contributed by atoms with van der Waals surface area (Å²) in [5.41, 5.74) is 5.44. The second-order valence-corrected chi connectivity index (χ2v) is 11.0. The van der Waals surface area contributed by atoms with Crippen molar-refractivity contribution in [3.05, 3.63) is 42.0 Å². The number of nitrogens with zero attached hydrogens (tertiary/aromatic N) is 1. The van der Waals surface area contributed by atoms with Gasteiger partial charge in [-0.05, 0) is 19.1 Å². The Hall–Kier alpha value is -1.79. The molecule has 1 aliphatic rings. The molecule has 1 unspecified atom stereocenters. The van der Waals surface area contributed by atoms with Crippen LogP contribution in [-0.4, -0.2) is 20.0 Å². The fourth-order valence-electron chi connectivity index (χ4n) is 2.20. The second-order valence-electron chi connectivity index (χ2n) is 6.27. The molecule has 2 nitrogen and oxygen atoms in total. The lowest BCUT2D eigenvalue weighted by atomic mass is 10.0. The largest absolute Gasteiger partial charge is 0.294 e. The third-order valence-electron chi connectivity index (χ3n) is 3.08. The van der Waals surface area contributed by atoms with Crippen LogP contribution < -0.4 is 4.90 Å². The summed E-state index contributed by atoms with van der Waals surface area (Å²) < 4.78 is 0. The molecule has 0 fully saturated rings. The Balaban J connectivity index is 2.38. The predicted molar refractivity (Wildman–Crippen MR) is 87.2 cm³/mol. The molecule has 1 amide bonds. The first kappa shape index (κ1) is 14.6. The molecule has 1 heterocycles. The Morgan fingerprint density at radius 1 is 1.20 bits per heavy atom. The number of amides is 1. The zero-order chi connectivity index (χ0) is 14.8. The van der Waals surface area contributed by atoms with Crippen LogP contribution in [0.1, 0.15) is 13.3 Å². The van der Waals surface area contributed by atoms with E-state index in [9.17, 15) is 4.79 Å². The molecule has 0 saturated carbocycles. The van der Waals surface area contributed by atoms with Gasteiger partial charge < -0.3 is 0 Å². The van der Waals surface area contributed by atoms with Gasteiger partial charge in [0.05, 0.1) is 0 Å². The van der Waals surface area contributed by atoms with Gasteiger partial charge in [-0.2, -0.15) is 0 Å². The first-order valence-electron chi connectivity index (χ1n) is 6.95. The molecule has 2 rings (SSSR count). The van der Waals surface area contributed by atoms with Crippen molar-refractivity contribution in [1.29, 1.82) is 0 Å². The number of carbonyl (C=O) groups is 1. The summed E-state index contributed by atoms with van der Waals surface area (Å²) >= 11 is 0. The van der Waals surface area contributed by atoms with Crippen molar-refractivity contribution in [1.82, 2.24) is 0 Å². The van der Waals surface area contributed by atoms with E-state index in [4.69, 9.17) is 0 Å². The summed E-state index contributed by atoms with van der Waals surface area (Å²) in [6.45, 7) is 8.67. The van der Waals surface area contributed by atoms with Crippen LogP contribution in [0, 0.1) is 11.5 Å². The van der Waals surface area contributed by atoms with Crippen molar-refractivity contribution in [2.75, 3.05) is 4.90 Å². The van der Waals surface area contributed by atoms with Gasteiger partial charge in [0, 0.05) is 18.2 Å². The van der Waals surface area contributed by atoms with E-state index in [1.54, 1.807) is 6.08 Å². The molecule has 104 valence electrons. The number of hydrogen-bond donors (Lipinski definition) is 0. The number of benzene rings is 1. The van der Waals surface area contributed by atoms with Gasteiger partial charge in [0.25, 0.3) is 5.91 Å². The summed E-state index contributed by atoms with van der Waals surface area (Å²) in [6, 6.07) is 9.77. The first-order chi connectivity index (χ1) is 9.37. The Bertz CT molecular complexity index is 587. The van der Waals surface area contributed by atoms with Gasteiger partial charge in [-0.15, -0.1) is 5.54 Å². The highest BCUT2D eigenvalue weighted by Crippen LogP contribution is 2.25. The Morgan fingerprint density at radius 3 is 2.45 bits per heavy atom. The van der Waals surface area contributed by atoms with Gasteiger partial charge in [0.1, 0.15) is 14.1 Å². The summed E-state index contributed by atoms with van der Waals surface area (Å²) in [5.74, 6) is 3.38. The van der Waals surface area contributed by atoms with Gasteiger partial charge in [-0.25, -0.2) is 0 Å². The summed E-state index contributed by atoms with van der Waals surface area (Å²) in [7, 11) is -1.43. The molecule has 0 saturated heterocycles. The average Bonchev–Trinajstić information content (AvgIpc) is 2.36.